The highest BCUT2D eigenvalue weighted by atomic mass is 32.2. The molecule has 3 nitrogen and oxygen atoms in total. The SMILES string of the molecule is Cc1cn(CC(C)C)c(NCC2CSCCS2)n1. The summed E-state index contributed by atoms with van der Waals surface area (Å²) in [6.07, 6.45) is 2.14. The summed E-state index contributed by atoms with van der Waals surface area (Å²) in [7, 11) is 0. The van der Waals surface area contributed by atoms with Crippen LogP contribution in [-0.4, -0.2) is 38.6 Å². The Hall–Kier alpha value is -0.290. The van der Waals surface area contributed by atoms with E-state index < -0.39 is 0 Å². The summed E-state index contributed by atoms with van der Waals surface area (Å²) in [4.78, 5) is 4.58. The lowest BCUT2D eigenvalue weighted by Gasteiger charge is -2.21. The summed E-state index contributed by atoms with van der Waals surface area (Å²) in [5.41, 5.74) is 1.10. The van der Waals surface area contributed by atoms with Crippen molar-refractivity contribution in [1.82, 2.24) is 9.55 Å². The molecule has 18 heavy (non-hydrogen) atoms. The lowest BCUT2D eigenvalue weighted by atomic mass is 10.2. The van der Waals surface area contributed by atoms with Crippen molar-refractivity contribution in [1.29, 1.82) is 0 Å². The van der Waals surface area contributed by atoms with E-state index in [1.165, 1.54) is 17.3 Å². The van der Waals surface area contributed by atoms with E-state index >= 15 is 0 Å². The molecule has 1 aromatic rings. The van der Waals surface area contributed by atoms with Crippen LogP contribution in [0, 0.1) is 12.8 Å². The standard InChI is InChI=1S/C13H23N3S2/c1-10(2)7-16-8-11(3)15-13(16)14-6-12-9-17-4-5-18-12/h8,10,12H,4-7,9H2,1-3H3,(H,14,15). The van der Waals surface area contributed by atoms with Gasteiger partial charge in [-0.1, -0.05) is 13.8 Å². The molecular weight excluding hydrogens is 262 g/mol. The Kier molecular flexibility index (Phi) is 5.30. The highest BCUT2D eigenvalue weighted by Crippen LogP contribution is 2.24. The minimum absolute atomic E-state index is 0.652. The number of hydrogen-bond donors (Lipinski definition) is 1. The molecule has 1 fully saturated rings. The van der Waals surface area contributed by atoms with Gasteiger partial charge in [0, 0.05) is 41.8 Å². The molecule has 1 N–H and O–H groups in total. The zero-order chi connectivity index (χ0) is 13.0. The van der Waals surface area contributed by atoms with Gasteiger partial charge in [-0.15, -0.1) is 0 Å². The van der Waals surface area contributed by atoms with Crippen LogP contribution in [0.5, 0.6) is 0 Å². The molecule has 0 radical (unpaired) electrons. The highest BCUT2D eigenvalue weighted by Gasteiger charge is 2.15. The van der Waals surface area contributed by atoms with E-state index in [4.69, 9.17) is 0 Å². The highest BCUT2D eigenvalue weighted by molar-refractivity contribution is 8.06. The first-order valence-corrected chi connectivity index (χ1v) is 8.82. The topological polar surface area (TPSA) is 29.9 Å². The third-order valence-electron chi connectivity index (χ3n) is 2.83. The molecule has 102 valence electrons. The van der Waals surface area contributed by atoms with Crippen molar-refractivity contribution >= 4 is 29.5 Å². The lowest BCUT2D eigenvalue weighted by molar-refractivity contribution is 0.526. The summed E-state index contributed by atoms with van der Waals surface area (Å²) in [6.45, 7) is 8.62. The van der Waals surface area contributed by atoms with E-state index in [9.17, 15) is 0 Å². The lowest BCUT2D eigenvalue weighted by Crippen LogP contribution is -2.24. The van der Waals surface area contributed by atoms with Crippen LogP contribution in [0.25, 0.3) is 0 Å². The van der Waals surface area contributed by atoms with Crippen molar-refractivity contribution < 1.29 is 0 Å². The van der Waals surface area contributed by atoms with Gasteiger partial charge in [-0.05, 0) is 12.8 Å². The Balaban J connectivity index is 1.91. The maximum Gasteiger partial charge on any atom is 0.203 e. The number of thioether (sulfide) groups is 2. The van der Waals surface area contributed by atoms with E-state index in [0.717, 1.165) is 30.0 Å². The normalized spacial score (nSPS) is 20.3. The number of nitrogens with zero attached hydrogens (tertiary/aromatic N) is 2. The molecule has 0 aliphatic carbocycles. The number of anilines is 1. The maximum absolute atomic E-state index is 4.58. The fourth-order valence-corrected chi connectivity index (χ4v) is 4.69. The Morgan fingerprint density at radius 1 is 1.50 bits per heavy atom. The van der Waals surface area contributed by atoms with Gasteiger partial charge in [0.15, 0.2) is 0 Å². The van der Waals surface area contributed by atoms with Crippen molar-refractivity contribution in [3.05, 3.63) is 11.9 Å². The van der Waals surface area contributed by atoms with E-state index in [1.807, 2.05) is 0 Å². The molecule has 1 atom stereocenters. The van der Waals surface area contributed by atoms with Crippen LogP contribution in [0.1, 0.15) is 19.5 Å². The average molecular weight is 285 g/mol. The summed E-state index contributed by atoms with van der Waals surface area (Å²) in [5.74, 6) is 5.55. The van der Waals surface area contributed by atoms with Crippen molar-refractivity contribution in [3.63, 3.8) is 0 Å². The molecule has 1 saturated heterocycles. The molecule has 1 unspecified atom stereocenters. The second-order valence-electron chi connectivity index (χ2n) is 5.20. The Labute approximate surface area is 119 Å². The second-order valence-corrected chi connectivity index (χ2v) is 7.76. The minimum atomic E-state index is 0.652. The fraction of sp³-hybridized carbons (Fsp3) is 0.769. The van der Waals surface area contributed by atoms with Crippen LogP contribution in [0.2, 0.25) is 0 Å². The van der Waals surface area contributed by atoms with Crippen molar-refractivity contribution in [2.45, 2.75) is 32.6 Å². The molecule has 2 rings (SSSR count). The number of nitrogens with one attached hydrogen (secondary N) is 1. The predicted octanol–water partition coefficient (Wildman–Crippen LogP) is 3.11. The first kappa shape index (κ1) is 14.1. The second kappa shape index (κ2) is 6.75. The summed E-state index contributed by atoms with van der Waals surface area (Å²) >= 11 is 4.16. The van der Waals surface area contributed by atoms with Gasteiger partial charge < -0.3 is 9.88 Å². The summed E-state index contributed by atoms with van der Waals surface area (Å²) < 4.78 is 2.25. The van der Waals surface area contributed by atoms with E-state index in [1.54, 1.807) is 0 Å². The fourth-order valence-electron chi connectivity index (χ4n) is 2.08. The van der Waals surface area contributed by atoms with Crippen molar-refractivity contribution in [2.75, 3.05) is 29.1 Å². The van der Waals surface area contributed by atoms with Gasteiger partial charge in [-0.25, -0.2) is 4.98 Å². The van der Waals surface area contributed by atoms with Gasteiger partial charge in [0.05, 0.1) is 5.69 Å². The Morgan fingerprint density at radius 2 is 2.33 bits per heavy atom. The molecule has 0 bridgehead atoms. The average Bonchev–Trinajstić information content (AvgIpc) is 2.67. The third-order valence-corrected chi connectivity index (χ3v) is 5.68. The largest absolute Gasteiger partial charge is 0.355 e. The molecule has 0 saturated carbocycles. The number of aromatic nitrogens is 2. The minimum Gasteiger partial charge on any atom is -0.355 e. The summed E-state index contributed by atoms with van der Waals surface area (Å²) in [6, 6.07) is 0. The van der Waals surface area contributed by atoms with Crippen LogP contribution >= 0.6 is 23.5 Å². The van der Waals surface area contributed by atoms with Crippen molar-refractivity contribution in [3.8, 4) is 0 Å². The Bertz CT molecular complexity index is 370. The first-order valence-electron chi connectivity index (χ1n) is 6.62. The monoisotopic (exact) mass is 285 g/mol. The van der Waals surface area contributed by atoms with Crippen LogP contribution in [0.4, 0.5) is 5.95 Å². The zero-order valence-electron chi connectivity index (χ0n) is 11.5. The van der Waals surface area contributed by atoms with E-state index in [2.05, 4.69) is 65.4 Å². The number of aryl methyl sites for hydroxylation is 1. The van der Waals surface area contributed by atoms with Gasteiger partial charge in [-0.3, -0.25) is 0 Å². The molecule has 1 aliphatic rings. The van der Waals surface area contributed by atoms with Crippen LogP contribution < -0.4 is 5.32 Å². The zero-order valence-corrected chi connectivity index (χ0v) is 13.1. The van der Waals surface area contributed by atoms with Gasteiger partial charge >= 0.3 is 0 Å². The molecule has 1 aromatic heterocycles. The van der Waals surface area contributed by atoms with Gasteiger partial charge in [0.25, 0.3) is 0 Å². The molecule has 1 aliphatic heterocycles. The van der Waals surface area contributed by atoms with Crippen LogP contribution in [0.15, 0.2) is 6.20 Å². The molecular formula is C13H23N3S2. The quantitative estimate of drug-likeness (QED) is 0.900. The maximum atomic E-state index is 4.58. The predicted molar refractivity (Wildman–Crippen MR) is 83.9 cm³/mol. The number of hydrogen-bond acceptors (Lipinski definition) is 4. The third kappa shape index (κ3) is 4.12. The van der Waals surface area contributed by atoms with Gasteiger partial charge in [0.2, 0.25) is 5.95 Å². The van der Waals surface area contributed by atoms with E-state index in [-0.39, 0.29) is 0 Å². The molecule has 5 heteroatoms. The molecule has 2 heterocycles. The molecule has 0 amide bonds. The number of rotatable bonds is 5. The van der Waals surface area contributed by atoms with Crippen LogP contribution in [-0.2, 0) is 6.54 Å². The first-order chi connectivity index (χ1) is 8.65. The van der Waals surface area contributed by atoms with E-state index in [0.29, 0.717) is 5.92 Å². The van der Waals surface area contributed by atoms with Crippen molar-refractivity contribution in [2.24, 2.45) is 5.92 Å². The summed E-state index contributed by atoms with van der Waals surface area (Å²) in [5, 5.41) is 4.26. The smallest absolute Gasteiger partial charge is 0.203 e. The van der Waals surface area contributed by atoms with Crippen LogP contribution in [0.3, 0.4) is 0 Å². The molecule has 0 spiro atoms. The Morgan fingerprint density at radius 3 is 3.00 bits per heavy atom. The molecule has 0 aromatic carbocycles. The van der Waals surface area contributed by atoms with Gasteiger partial charge in [-0.2, -0.15) is 23.5 Å². The number of imidazole rings is 1. The van der Waals surface area contributed by atoms with Gasteiger partial charge in [0.1, 0.15) is 0 Å².